The van der Waals surface area contributed by atoms with Gasteiger partial charge in [-0.2, -0.15) is 0 Å². The van der Waals surface area contributed by atoms with Gasteiger partial charge in [-0.1, -0.05) is 36.4 Å². The molecule has 1 amide bonds. The molecule has 0 bridgehead atoms. The molecule has 3 heterocycles. The number of nitrogens with one attached hydrogen (secondary N) is 1. The summed E-state index contributed by atoms with van der Waals surface area (Å²) in [6, 6.07) is 18.4. The second-order valence-corrected chi connectivity index (χ2v) is 7.65. The number of anilines is 2. The first-order valence-corrected chi connectivity index (χ1v) is 10.1. The van der Waals surface area contributed by atoms with E-state index in [1.807, 2.05) is 35.2 Å². The molecule has 2 aromatic rings. The Hall–Kier alpha value is -2.41. The molecule has 1 spiro atoms. The molecule has 0 aliphatic carbocycles. The molecule has 0 atom stereocenters. The van der Waals surface area contributed by atoms with Crippen LogP contribution in [0.15, 0.2) is 54.6 Å². The quantitative estimate of drug-likeness (QED) is 0.863. The van der Waals surface area contributed by atoms with Gasteiger partial charge in [-0.25, -0.2) is 0 Å². The van der Waals surface area contributed by atoms with E-state index >= 15 is 0 Å². The van der Waals surface area contributed by atoms with Gasteiger partial charge >= 0.3 is 0 Å². The van der Waals surface area contributed by atoms with Gasteiger partial charge < -0.3 is 19.3 Å². The minimum Gasteiger partial charge on any atom is -0.360 e. The first-order chi connectivity index (χ1) is 13.8. The van der Waals surface area contributed by atoms with Gasteiger partial charge in [0, 0.05) is 11.3 Å². The Morgan fingerprint density at radius 3 is 2.36 bits per heavy atom. The van der Waals surface area contributed by atoms with Gasteiger partial charge in [0.1, 0.15) is 0 Å². The molecule has 0 radical (unpaired) electrons. The predicted octanol–water partition coefficient (Wildman–Crippen LogP) is 0.986. The summed E-state index contributed by atoms with van der Waals surface area (Å²) < 4.78 is 11.9. The SMILES string of the molecule is O=C1N(C[NH+]2CCN(c3ccccc3)CC2)c2ccccc2C12OCCCO2. The van der Waals surface area contributed by atoms with Gasteiger partial charge in [0.15, 0.2) is 6.67 Å². The molecule has 0 saturated carbocycles. The van der Waals surface area contributed by atoms with Crippen molar-refractivity contribution in [2.75, 3.05) is 55.9 Å². The summed E-state index contributed by atoms with van der Waals surface area (Å²) in [4.78, 5) is 19.0. The number of fused-ring (bicyclic) bond motifs is 2. The Balaban J connectivity index is 1.32. The molecule has 146 valence electrons. The van der Waals surface area contributed by atoms with E-state index in [2.05, 4.69) is 29.2 Å². The van der Waals surface area contributed by atoms with Gasteiger partial charge in [-0.3, -0.25) is 9.69 Å². The highest BCUT2D eigenvalue weighted by Crippen LogP contribution is 2.44. The summed E-state index contributed by atoms with van der Waals surface area (Å²) in [6.07, 6.45) is 0.823. The molecule has 6 heteroatoms. The van der Waals surface area contributed by atoms with Crippen LogP contribution in [0, 0.1) is 0 Å². The third kappa shape index (κ3) is 2.89. The lowest BCUT2D eigenvalue weighted by atomic mass is 10.1. The zero-order valence-corrected chi connectivity index (χ0v) is 16.0. The number of hydrogen-bond acceptors (Lipinski definition) is 4. The first kappa shape index (κ1) is 17.7. The van der Waals surface area contributed by atoms with Crippen LogP contribution in [-0.4, -0.2) is 52.0 Å². The van der Waals surface area contributed by atoms with Crippen LogP contribution in [0.1, 0.15) is 12.0 Å². The van der Waals surface area contributed by atoms with E-state index < -0.39 is 5.79 Å². The highest BCUT2D eigenvalue weighted by molar-refractivity contribution is 6.05. The van der Waals surface area contributed by atoms with Crippen molar-refractivity contribution in [2.45, 2.75) is 12.2 Å². The second kappa shape index (κ2) is 7.20. The second-order valence-electron chi connectivity index (χ2n) is 7.65. The molecule has 2 saturated heterocycles. The van der Waals surface area contributed by atoms with Crippen LogP contribution in [0.25, 0.3) is 0 Å². The standard InChI is InChI=1S/C22H25N3O3/c26-21-22(27-15-6-16-28-22)19-9-4-5-10-20(19)25(21)17-23-11-13-24(14-12-23)18-7-2-1-3-8-18/h1-5,7-10H,6,11-17H2/p+1. The molecule has 2 fully saturated rings. The zero-order chi connectivity index (χ0) is 19.0. The summed E-state index contributed by atoms with van der Waals surface area (Å²) in [7, 11) is 0. The summed E-state index contributed by atoms with van der Waals surface area (Å²) in [5.74, 6) is -1.31. The van der Waals surface area contributed by atoms with Crippen LogP contribution in [0.2, 0.25) is 0 Å². The number of benzene rings is 2. The summed E-state index contributed by atoms with van der Waals surface area (Å²) >= 11 is 0. The Kier molecular flexibility index (Phi) is 4.55. The fourth-order valence-corrected chi connectivity index (χ4v) is 4.46. The number of amides is 1. The number of para-hydroxylation sites is 2. The van der Waals surface area contributed by atoms with E-state index in [1.165, 1.54) is 10.6 Å². The highest BCUT2D eigenvalue weighted by Gasteiger charge is 2.55. The number of carbonyl (C=O) groups is 1. The Morgan fingerprint density at radius 1 is 0.929 bits per heavy atom. The number of nitrogens with zero attached hydrogens (tertiary/aromatic N) is 2. The maximum absolute atomic E-state index is 13.4. The van der Waals surface area contributed by atoms with Gasteiger partial charge in [0.25, 0.3) is 11.7 Å². The van der Waals surface area contributed by atoms with Crippen molar-refractivity contribution in [1.82, 2.24) is 0 Å². The monoisotopic (exact) mass is 380 g/mol. The molecular formula is C22H26N3O3+. The van der Waals surface area contributed by atoms with E-state index in [9.17, 15) is 4.79 Å². The van der Waals surface area contributed by atoms with Crippen LogP contribution in [0.5, 0.6) is 0 Å². The molecule has 3 aliphatic rings. The van der Waals surface area contributed by atoms with Crippen molar-refractivity contribution in [1.29, 1.82) is 0 Å². The third-order valence-corrected chi connectivity index (χ3v) is 5.95. The smallest absolute Gasteiger partial charge is 0.296 e. The van der Waals surface area contributed by atoms with Gasteiger partial charge in [0.05, 0.1) is 45.1 Å². The topological polar surface area (TPSA) is 46.5 Å². The molecule has 0 unspecified atom stereocenters. The van der Waals surface area contributed by atoms with Crippen LogP contribution in [0.4, 0.5) is 11.4 Å². The van der Waals surface area contributed by atoms with Crippen molar-refractivity contribution in [2.24, 2.45) is 0 Å². The highest BCUT2D eigenvalue weighted by atomic mass is 16.7. The minimum absolute atomic E-state index is 0.0774. The Bertz CT molecular complexity index is 843. The average Bonchev–Trinajstić information content (AvgIpc) is 2.98. The van der Waals surface area contributed by atoms with E-state index in [0.717, 1.165) is 43.9 Å². The van der Waals surface area contributed by atoms with Crippen molar-refractivity contribution < 1.29 is 19.2 Å². The predicted molar refractivity (Wildman–Crippen MR) is 106 cm³/mol. The zero-order valence-electron chi connectivity index (χ0n) is 16.0. The normalized spacial score (nSPS) is 21.9. The van der Waals surface area contributed by atoms with Crippen molar-refractivity contribution >= 4 is 17.3 Å². The molecule has 1 N–H and O–H groups in total. The number of carbonyl (C=O) groups excluding carboxylic acids is 1. The van der Waals surface area contributed by atoms with E-state index in [0.29, 0.717) is 19.9 Å². The van der Waals surface area contributed by atoms with Crippen molar-refractivity contribution in [3.63, 3.8) is 0 Å². The fourth-order valence-electron chi connectivity index (χ4n) is 4.46. The van der Waals surface area contributed by atoms with Crippen LogP contribution >= 0.6 is 0 Å². The third-order valence-electron chi connectivity index (χ3n) is 5.95. The van der Waals surface area contributed by atoms with Gasteiger partial charge in [-0.05, 0) is 24.6 Å². The van der Waals surface area contributed by atoms with Crippen LogP contribution < -0.4 is 14.7 Å². The van der Waals surface area contributed by atoms with E-state index in [-0.39, 0.29) is 5.91 Å². The van der Waals surface area contributed by atoms with E-state index in [1.54, 1.807) is 0 Å². The molecule has 5 rings (SSSR count). The molecule has 0 aromatic heterocycles. The number of quaternary nitrogens is 1. The number of rotatable bonds is 3. The first-order valence-electron chi connectivity index (χ1n) is 10.1. The Morgan fingerprint density at radius 2 is 1.61 bits per heavy atom. The molecule has 3 aliphatic heterocycles. The lowest BCUT2D eigenvalue weighted by Gasteiger charge is -2.36. The minimum atomic E-state index is -1.24. The summed E-state index contributed by atoms with van der Waals surface area (Å²) in [5, 5.41) is 0. The largest absolute Gasteiger partial charge is 0.360 e. The Labute approximate surface area is 165 Å². The van der Waals surface area contributed by atoms with Crippen molar-refractivity contribution in [3.8, 4) is 0 Å². The fraction of sp³-hybridized carbons (Fsp3) is 0.409. The maximum atomic E-state index is 13.4. The molecular weight excluding hydrogens is 354 g/mol. The van der Waals surface area contributed by atoms with Crippen molar-refractivity contribution in [3.05, 3.63) is 60.2 Å². The number of ether oxygens (including phenoxy) is 2. The lowest BCUT2D eigenvalue weighted by Crippen LogP contribution is -3.16. The van der Waals surface area contributed by atoms with Gasteiger partial charge in [-0.15, -0.1) is 0 Å². The number of piperazine rings is 1. The van der Waals surface area contributed by atoms with E-state index in [4.69, 9.17) is 9.47 Å². The van der Waals surface area contributed by atoms with Crippen LogP contribution in [-0.2, 0) is 20.1 Å². The maximum Gasteiger partial charge on any atom is 0.296 e. The van der Waals surface area contributed by atoms with Crippen LogP contribution in [0.3, 0.4) is 0 Å². The molecule has 28 heavy (non-hydrogen) atoms. The molecule has 6 nitrogen and oxygen atoms in total. The average molecular weight is 380 g/mol. The summed E-state index contributed by atoms with van der Waals surface area (Å²) in [5.41, 5.74) is 3.04. The lowest BCUT2D eigenvalue weighted by molar-refractivity contribution is -0.899. The summed E-state index contributed by atoms with van der Waals surface area (Å²) in [6.45, 7) is 5.72. The number of hydrogen-bond donors (Lipinski definition) is 1. The van der Waals surface area contributed by atoms with Gasteiger partial charge in [0.2, 0.25) is 0 Å². The molecule has 2 aromatic carbocycles.